The molecular weight excluding hydrogens is 344 g/mol. The Morgan fingerprint density at radius 3 is 2.48 bits per heavy atom. The molecule has 0 bridgehead atoms. The summed E-state index contributed by atoms with van der Waals surface area (Å²) in [6.45, 7) is 2.57. The van der Waals surface area contributed by atoms with E-state index < -0.39 is 11.2 Å². The lowest BCUT2D eigenvalue weighted by molar-refractivity contribution is 0.100. The second-order valence-electron chi connectivity index (χ2n) is 7.29. The van der Waals surface area contributed by atoms with E-state index in [2.05, 4.69) is 9.97 Å². The first-order valence-corrected chi connectivity index (χ1v) is 9.45. The lowest BCUT2D eigenvalue weighted by atomic mass is 9.89. The Morgan fingerprint density at radius 2 is 1.74 bits per heavy atom. The summed E-state index contributed by atoms with van der Waals surface area (Å²) >= 11 is 0. The van der Waals surface area contributed by atoms with Crippen molar-refractivity contribution in [1.82, 2.24) is 9.97 Å². The van der Waals surface area contributed by atoms with Gasteiger partial charge in [0, 0.05) is 12.1 Å². The van der Waals surface area contributed by atoms with E-state index in [1.165, 1.54) is 19.3 Å². The van der Waals surface area contributed by atoms with E-state index in [0.29, 0.717) is 23.0 Å². The first kappa shape index (κ1) is 17.6. The molecule has 141 valence electrons. The van der Waals surface area contributed by atoms with Crippen LogP contribution in [0.4, 0.5) is 11.5 Å². The van der Waals surface area contributed by atoms with Crippen molar-refractivity contribution in [1.29, 1.82) is 0 Å². The normalized spacial score (nSPS) is 17.2. The molecular formula is C20H23N4O3. The van der Waals surface area contributed by atoms with Crippen molar-refractivity contribution in [2.24, 2.45) is 5.92 Å². The molecule has 0 saturated heterocycles. The van der Waals surface area contributed by atoms with E-state index in [1.54, 1.807) is 23.7 Å². The third-order valence-corrected chi connectivity index (χ3v) is 5.34. The van der Waals surface area contributed by atoms with Gasteiger partial charge in [-0.25, -0.2) is 4.79 Å². The van der Waals surface area contributed by atoms with Gasteiger partial charge in [-0.3, -0.25) is 19.6 Å². The topological polar surface area (TPSA) is 89.3 Å². The van der Waals surface area contributed by atoms with Crippen LogP contribution in [0, 0.1) is 12.6 Å². The van der Waals surface area contributed by atoms with E-state index in [4.69, 9.17) is 0 Å². The Balaban J connectivity index is 1.59. The fraction of sp³-hybridized carbons (Fsp3) is 0.400. The number of aromatic amines is 2. The van der Waals surface area contributed by atoms with Crippen LogP contribution in [0.1, 0.15) is 42.5 Å². The van der Waals surface area contributed by atoms with Crippen molar-refractivity contribution in [2.75, 3.05) is 22.9 Å². The van der Waals surface area contributed by atoms with Crippen LogP contribution in [-0.4, -0.2) is 28.8 Å². The number of ketones is 1. The second-order valence-corrected chi connectivity index (χ2v) is 7.29. The summed E-state index contributed by atoms with van der Waals surface area (Å²) in [4.78, 5) is 45.4. The molecule has 2 heterocycles. The highest BCUT2D eigenvalue weighted by Crippen LogP contribution is 2.35. The van der Waals surface area contributed by atoms with Crippen LogP contribution in [0.3, 0.4) is 0 Å². The molecule has 7 heteroatoms. The summed E-state index contributed by atoms with van der Waals surface area (Å²) in [5.74, 6) is 0.925. The Hall–Kier alpha value is -2.83. The fourth-order valence-corrected chi connectivity index (χ4v) is 4.00. The Labute approximate surface area is 157 Å². The van der Waals surface area contributed by atoms with E-state index >= 15 is 0 Å². The molecule has 0 atom stereocenters. The molecule has 1 aromatic heterocycles. The van der Waals surface area contributed by atoms with Gasteiger partial charge in [-0.1, -0.05) is 49.6 Å². The number of aromatic nitrogens is 2. The van der Waals surface area contributed by atoms with Crippen molar-refractivity contribution in [3.63, 3.8) is 0 Å². The van der Waals surface area contributed by atoms with E-state index in [1.807, 2.05) is 23.1 Å². The van der Waals surface area contributed by atoms with Crippen molar-refractivity contribution in [2.45, 2.75) is 32.1 Å². The lowest BCUT2D eigenvalue weighted by Crippen LogP contribution is -2.33. The summed E-state index contributed by atoms with van der Waals surface area (Å²) in [6.07, 6.45) is 6.00. The summed E-state index contributed by atoms with van der Waals surface area (Å²) in [6, 6.07) is 9.00. The number of nitrogens with zero attached hydrogens (tertiary/aromatic N) is 2. The zero-order valence-corrected chi connectivity index (χ0v) is 15.1. The van der Waals surface area contributed by atoms with Gasteiger partial charge in [0.25, 0.3) is 5.56 Å². The van der Waals surface area contributed by atoms with Crippen molar-refractivity contribution in [3.05, 3.63) is 63.4 Å². The maximum Gasteiger partial charge on any atom is 0.327 e. The number of Topliss-reactive ketones (excluding diaryl/α,β-unsaturated/α-hetero) is 1. The Kier molecular flexibility index (Phi) is 4.83. The van der Waals surface area contributed by atoms with Gasteiger partial charge in [-0.15, -0.1) is 0 Å². The van der Waals surface area contributed by atoms with Crippen molar-refractivity contribution < 1.29 is 4.79 Å². The number of anilines is 2. The minimum atomic E-state index is -0.531. The van der Waals surface area contributed by atoms with Crippen LogP contribution in [0.5, 0.6) is 0 Å². The maximum atomic E-state index is 12.6. The zero-order chi connectivity index (χ0) is 18.8. The predicted octanol–water partition coefficient (Wildman–Crippen LogP) is 2.27. The monoisotopic (exact) mass is 367 g/mol. The van der Waals surface area contributed by atoms with E-state index in [9.17, 15) is 14.4 Å². The first-order chi connectivity index (χ1) is 13.1. The molecule has 27 heavy (non-hydrogen) atoms. The highest BCUT2D eigenvalue weighted by molar-refractivity contribution is 6.00. The van der Waals surface area contributed by atoms with Crippen LogP contribution in [0.15, 0.2) is 39.9 Å². The van der Waals surface area contributed by atoms with Gasteiger partial charge in [0.2, 0.25) is 0 Å². The number of fused-ring (bicyclic) bond motifs is 1. The number of benzene rings is 1. The average molecular weight is 367 g/mol. The Morgan fingerprint density at radius 1 is 1.00 bits per heavy atom. The van der Waals surface area contributed by atoms with Crippen molar-refractivity contribution in [3.8, 4) is 0 Å². The molecule has 1 saturated carbocycles. The van der Waals surface area contributed by atoms with Gasteiger partial charge in [0.15, 0.2) is 5.78 Å². The largest absolute Gasteiger partial charge is 0.332 e. The van der Waals surface area contributed by atoms with Crippen molar-refractivity contribution >= 4 is 17.3 Å². The summed E-state index contributed by atoms with van der Waals surface area (Å²) in [5.41, 5.74) is -0.0808. The SMILES string of the molecule is O=C(CN1[CH]N(CC2CCCCC2)c2[nH]c(=O)[nH]c(=O)c21)c1ccccc1. The highest BCUT2D eigenvalue weighted by Gasteiger charge is 2.33. The molecule has 1 aromatic carbocycles. The summed E-state index contributed by atoms with van der Waals surface area (Å²) in [5, 5.41) is 0. The molecule has 2 aliphatic rings. The van der Waals surface area contributed by atoms with Gasteiger partial charge in [0.05, 0.1) is 6.54 Å². The summed E-state index contributed by atoms with van der Waals surface area (Å²) in [7, 11) is 0. The highest BCUT2D eigenvalue weighted by atomic mass is 16.2. The molecule has 0 unspecified atom stereocenters. The quantitative estimate of drug-likeness (QED) is 0.792. The van der Waals surface area contributed by atoms with Gasteiger partial charge in [0.1, 0.15) is 18.2 Å². The lowest BCUT2D eigenvalue weighted by Gasteiger charge is -2.27. The molecule has 1 radical (unpaired) electrons. The molecule has 1 aliphatic carbocycles. The number of H-pyrrole nitrogens is 2. The number of hydrogen-bond donors (Lipinski definition) is 2. The minimum absolute atomic E-state index is 0.0489. The molecule has 4 rings (SSSR count). The third-order valence-electron chi connectivity index (χ3n) is 5.34. The van der Waals surface area contributed by atoms with Gasteiger partial charge in [-0.05, 0) is 18.8 Å². The zero-order valence-electron chi connectivity index (χ0n) is 15.1. The van der Waals surface area contributed by atoms with Gasteiger partial charge >= 0.3 is 5.69 Å². The van der Waals surface area contributed by atoms with Gasteiger partial charge in [-0.2, -0.15) is 0 Å². The first-order valence-electron chi connectivity index (χ1n) is 9.45. The average Bonchev–Trinajstić information content (AvgIpc) is 3.00. The number of carbonyl (C=O) groups excluding carboxylic acids is 1. The van der Waals surface area contributed by atoms with Crippen LogP contribution in [-0.2, 0) is 0 Å². The van der Waals surface area contributed by atoms with Crippen LogP contribution < -0.4 is 21.0 Å². The fourth-order valence-electron chi connectivity index (χ4n) is 4.00. The van der Waals surface area contributed by atoms with E-state index in [-0.39, 0.29) is 12.3 Å². The predicted molar refractivity (Wildman–Crippen MR) is 104 cm³/mol. The molecule has 2 aromatic rings. The molecule has 2 N–H and O–H groups in total. The van der Waals surface area contributed by atoms with Crippen LogP contribution >= 0.6 is 0 Å². The summed E-state index contributed by atoms with van der Waals surface area (Å²) < 4.78 is 0. The maximum absolute atomic E-state index is 12.6. The standard InChI is InChI=1S/C20H23N4O3/c25-16(15-9-5-2-6-10-15)12-23-13-24(11-14-7-3-1-4-8-14)18-17(23)19(26)22-20(27)21-18/h2,5-6,9-10,13-14H,1,3-4,7-8,11-12H2,(H2,21,22,26,27). The molecule has 1 aliphatic heterocycles. The number of hydrogen-bond acceptors (Lipinski definition) is 5. The minimum Gasteiger partial charge on any atom is -0.332 e. The molecule has 1 fully saturated rings. The number of rotatable bonds is 5. The second kappa shape index (κ2) is 7.42. The molecule has 7 nitrogen and oxygen atoms in total. The van der Waals surface area contributed by atoms with Gasteiger partial charge < -0.3 is 9.80 Å². The number of carbonyl (C=O) groups is 1. The number of nitrogens with one attached hydrogen (secondary N) is 2. The Bertz CT molecular complexity index is 928. The smallest absolute Gasteiger partial charge is 0.327 e. The van der Waals surface area contributed by atoms with E-state index in [0.717, 1.165) is 19.4 Å². The van der Waals surface area contributed by atoms with Crippen LogP contribution in [0.25, 0.3) is 0 Å². The molecule has 0 amide bonds. The molecule has 0 spiro atoms. The van der Waals surface area contributed by atoms with Crippen LogP contribution in [0.2, 0.25) is 0 Å². The third kappa shape index (κ3) is 3.67.